The van der Waals surface area contributed by atoms with Gasteiger partial charge in [0, 0.05) is 6.61 Å². The zero-order valence-electron chi connectivity index (χ0n) is 5.36. The highest BCUT2D eigenvalue weighted by atomic mass is 19.4. The van der Waals surface area contributed by atoms with Crippen LogP contribution in [0.3, 0.4) is 0 Å². The van der Waals surface area contributed by atoms with Gasteiger partial charge < -0.3 is 5.11 Å². The molecule has 1 aliphatic carbocycles. The lowest BCUT2D eigenvalue weighted by Gasteiger charge is -2.36. The van der Waals surface area contributed by atoms with E-state index in [4.69, 9.17) is 5.11 Å². The largest absolute Gasteiger partial charge is 0.396 e. The minimum absolute atomic E-state index is 0.189. The van der Waals surface area contributed by atoms with Gasteiger partial charge in [0.1, 0.15) is 0 Å². The summed E-state index contributed by atoms with van der Waals surface area (Å²) in [6.45, 7) is -0.329. The van der Waals surface area contributed by atoms with E-state index < -0.39 is 18.0 Å². The van der Waals surface area contributed by atoms with E-state index in [1.807, 2.05) is 0 Å². The molecular weight excluding hydrogens is 145 g/mol. The molecule has 1 fully saturated rings. The van der Waals surface area contributed by atoms with Crippen molar-refractivity contribution in [3.05, 3.63) is 0 Å². The first-order valence-electron chi connectivity index (χ1n) is 3.23. The van der Waals surface area contributed by atoms with Gasteiger partial charge in [0.15, 0.2) is 0 Å². The fraction of sp³-hybridized carbons (Fsp3) is 1.00. The van der Waals surface area contributed by atoms with Gasteiger partial charge in [-0.1, -0.05) is 0 Å². The summed E-state index contributed by atoms with van der Waals surface area (Å²) < 4.78 is 35.5. The van der Waals surface area contributed by atoms with Crippen LogP contribution in [0.25, 0.3) is 0 Å². The van der Waals surface area contributed by atoms with Crippen molar-refractivity contribution in [3.63, 3.8) is 0 Å². The Morgan fingerprint density at radius 1 is 1.30 bits per heavy atom. The molecule has 1 unspecified atom stereocenters. The molecule has 10 heavy (non-hydrogen) atoms. The molecule has 1 rings (SSSR count). The highest BCUT2D eigenvalue weighted by molar-refractivity contribution is 4.84. The van der Waals surface area contributed by atoms with Crippen LogP contribution in [0.15, 0.2) is 0 Å². The first kappa shape index (κ1) is 7.85. The van der Waals surface area contributed by atoms with Crippen molar-refractivity contribution < 1.29 is 18.3 Å². The molecule has 60 valence electrons. The highest BCUT2D eigenvalue weighted by Crippen LogP contribution is 2.45. The lowest BCUT2D eigenvalue weighted by molar-refractivity contribution is -0.217. The molecule has 0 amide bonds. The summed E-state index contributed by atoms with van der Waals surface area (Å²) in [6.07, 6.45) is -3.39. The van der Waals surface area contributed by atoms with Gasteiger partial charge in [-0.3, -0.25) is 0 Å². The molecule has 0 spiro atoms. The fourth-order valence-corrected chi connectivity index (χ4v) is 1.22. The first-order chi connectivity index (χ1) is 4.55. The number of aliphatic hydroxyl groups excluding tert-OH is 1. The third-order valence-corrected chi connectivity index (χ3v) is 2.07. The molecule has 0 aliphatic heterocycles. The fourth-order valence-electron chi connectivity index (χ4n) is 1.22. The number of hydrogen-bond acceptors (Lipinski definition) is 1. The van der Waals surface area contributed by atoms with Gasteiger partial charge in [-0.15, -0.1) is 0 Å². The lowest BCUT2D eigenvalue weighted by Crippen LogP contribution is -2.39. The summed E-state index contributed by atoms with van der Waals surface area (Å²) in [5.74, 6) is -1.77. The van der Waals surface area contributed by atoms with Gasteiger partial charge in [0.25, 0.3) is 0 Å². The van der Waals surface area contributed by atoms with Crippen molar-refractivity contribution in [2.45, 2.75) is 19.0 Å². The van der Waals surface area contributed by atoms with Crippen LogP contribution in [0, 0.1) is 11.8 Å². The van der Waals surface area contributed by atoms with E-state index in [1.54, 1.807) is 0 Å². The molecule has 0 aromatic rings. The molecule has 0 bridgehead atoms. The van der Waals surface area contributed by atoms with E-state index in [-0.39, 0.29) is 13.0 Å². The molecule has 1 saturated carbocycles. The van der Waals surface area contributed by atoms with E-state index in [1.165, 1.54) is 0 Å². The Bertz CT molecular complexity index is 119. The molecule has 1 aliphatic rings. The van der Waals surface area contributed by atoms with E-state index in [9.17, 15) is 13.2 Å². The van der Waals surface area contributed by atoms with Crippen molar-refractivity contribution >= 4 is 0 Å². The van der Waals surface area contributed by atoms with Crippen LogP contribution in [0.4, 0.5) is 13.2 Å². The topological polar surface area (TPSA) is 20.2 Å². The van der Waals surface area contributed by atoms with Gasteiger partial charge in [0.2, 0.25) is 0 Å². The third kappa shape index (κ3) is 1.26. The van der Waals surface area contributed by atoms with Gasteiger partial charge in [-0.2, -0.15) is 13.2 Å². The number of alkyl halides is 3. The predicted octanol–water partition coefficient (Wildman–Crippen LogP) is 1.57. The normalized spacial score (nSPS) is 33.6. The van der Waals surface area contributed by atoms with Crippen molar-refractivity contribution in [3.8, 4) is 0 Å². The van der Waals surface area contributed by atoms with Gasteiger partial charge in [-0.25, -0.2) is 0 Å². The van der Waals surface area contributed by atoms with Crippen LogP contribution in [-0.2, 0) is 0 Å². The van der Waals surface area contributed by atoms with E-state index in [0.717, 1.165) is 0 Å². The van der Waals surface area contributed by atoms with Crippen LogP contribution in [-0.4, -0.2) is 17.9 Å². The molecule has 0 heterocycles. The molecule has 0 radical (unpaired) electrons. The number of halogens is 3. The second-order valence-corrected chi connectivity index (χ2v) is 2.67. The number of hydrogen-bond donors (Lipinski definition) is 1. The van der Waals surface area contributed by atoms with E-state index in [2.05, 4.69) is 0 Å². The Hall–Kier alpha value is -0.250. The maximum absolute atomic E-state index is 11.8. The van der Waals surface area contributed by atoms with E-state index >= 15 is 0 Å². The van der Waals surface area contributed by atoms with Crippen molar-refractivity contribution in [1.29, 1.82) is 0 Å². The Balaban J connectivity index is 2.43. The van der Waals surface area contributed by atoms with Crippen LogP contribution in [0.1, 0.15) is 12.8 Å². The maximum Gasteiger partial charge on any atom is 0.392 e. The molecule has 1 nitrogen and oxygen atoms in total. The SMILES string of the molecule is OCC1CC[C@H]1C(F)(F)F. The van der Waals surface area contributed by atoms with Crippen molar-refractivity contribution in [2.75, 3.05) is 6.61 Å². The molecule has 0 aromatic carbocycles. The lowest BCUT2D eigenvalue weighted by atomic mass is 9.74. The van der Waals surface area contributed by atoms with Crippen LogP contribution >= 0.6 is 0 Å². The Labute approximate surface area is 56.8 Å². The molecule has 4 heteroatoms. The Morgan fingerprint density at radius 3 is 2.00 bits per heavy atom. The first-order valence-corrected chi connectivity index (χ1v) is 3.23. The zero-order valence-corrected chi connectivity index (χ0v) is 5.36. The van der Waals surface area contributed by atoms with E-state index in [0.29, 0.717) is 6.42 Å². The van der Waals surface area contributed by atoms with Crippen molar-refractivity contribution in [1.82, 2.24) is 0 Å². The zero-order chi connectivity index (χ0) is 7.78. The molecule has 1 N–H and O–H groups in total. The maximum atomic E-state index is 11.8. The second kappa shape index (κ2) is 2.42. The average Bonchev–Trinajstić information content (AvgIpc) is 1.57. The van der Waals surface area contributed by atoms with Crippen molar-refractivity contribution in [2.24, 2.45) is 11.8 Å². The average molecular weight is 154 g/mol. The summed E-state index contributed by atoms with van der Waals surface area (Å²) in [5, 5.41) is 8.42. The highest BCUT2D eigenvalue weighted by Gasteiger charge is 2.49. The second-order valence-electron chi connectivity index (χ2n) is 2.67. The summed E-state index contributed by atoms with van der Waals surface area (Å²) in [7, 11) is 0. The van der Waals surface area contributed by atoms with Gasteiger partial charge >= 0.3 is 6.18 Å². The smallest absolute Gasteiger partial charge is 0.392 e. The Kier molecular flexibility index (Phi) is 1.90. The summed E-state index contributed by atoms with van der Waals surface area (Å²) in [6, 6.07) is 0. The van der Waals surface area contributed by atoms with Crippen LogP contribution < -0.4 is 0 Å². The summed E-state index contributed by atoms with van der Waals surface area (Å²) in [4.78, 5) is 0. The van der Waals surface area contributed by atoms with Crippen LogP contribution in [0.2, 0.25) is 0 Å². The Morgan fingerprint density at radius 2 is 1.90 bits per heavy atom. The quantitative estimate of drug-likeness (QED) is 0.607. The monoisotopic (exact) mass is 154 g/mol. The molecular formula is C6H9F3O. The third-order valence-electron chi connectivity index (χ3n) is 2.07. The summed E-state index contributed by atoms with van der Waals surface area (Å²) in [5.41, 5.74) is 0. The van der Waals surface area contributed by atoms with Crippen LogP contribution in [0.5, 0.6) is 0 Å². The predicted molar refractivity (Wildman–Crippen MR) is 29.4 cm³/mol. The molecule has 0 aromatic heterocycles. The number of aliphatic hydroxyl groups is 1. The van der Waals surface area contributed by atoms with Gasteiger partial charge in [-0.05, 0) is 18.8 Å². The standard InChI is InChI=1S/C6H9F3O/c7-6(8,9)5-2-1-4(5)3-10/h4-5,10H,1-3H2/t4?,5-/m1/s1. The minimum Gasteiger partial charge on any atom is -0.396 e. The number of rotatable bonds is 1. The molecule has 2 atom stereocenters. The minimum atomic E-state index is -4.09. The molecule has 0 saturated heterocycles. The summed E-state index contributed by atoms with van der Waals surface area (Å²) >= 11 is 0. The van der Waals surface area contributed by atoms with Gasteiger partial charge in [0.05, 0.1) is 5.92 Å².